The van der Waals surface area contributed by atoms with E-state index < -0.39 is 0 Å². The molecular formula is C11H17N3O. The minimum atomic E-state index is 0.00144. The van der Waals surface area contributed by atoms with Gasteiger partial charge >= 0.3 is 0 Å². The Hall–Kier alpha value is -1.58. The molecule has 0 radical (unpaired) electrons. The van der Waals surface area contributed by atoms with Crippen LogP contribution in [0, 0.1) is 0 Å². The Morgan fingerprint density at radius 1 is 1.47 bits per heavy atom. The Morgan fingerprint density at radius 3 is 2.93 bits per heavy atom. The van der Waals surface area contributed by atoms with Gasteiger partial charge in [-0.05, 0) is 18.6 Å². The van der Waals surface area contributed by atoms with Crippen molar-refractivity contribution in [3.8, 4) is 0 Å². The Morgan fingerprint density at radius 2 is 2.27 bits per heavy atom. The van der Waals surface area contributed by atoms with Crippen molar-refractivity contribution in [2.45, 2.75) is 32.6 Å². The van der Waals surface area contributed by atoms with Gasteiger partial charge in [-0.2, -0.15) is 0 Å². The van der Waals surface area contributed by atoms with E-state index in [1.807, 2.05) is 0 Å². The molecule has 1 aromatic rings. The Bertz CT molecular complexity index is 325. The second kappa shape index (κ2) is 6.01. The van der Waals surface area contributed by atoms with E-state index in [4.69, 9.17) is 5.73 Å². The highest BCUT2D eigenvalue weighted by Crippen LogP contribution is 2.07. The fraction of sp³-hybridized carbons (Fsp3) is 0.455. The molecule has 0 aliphatic heterocycles. The van der Waals surface area contributed by atoms with Crippen LogP contribution < -0.4 is 11.1 Å². The minimum Gasteiger partial charge on any atom is -0.384 e. The zero-order chi connectivity index (χ0) is 11.1. The number of nitrogens with zero attached hydrogens (tertiary/aromatic N) is 1. The number of unbranched alkanes of at least 4 members (excludes halogenated alkanes) is 2. The molecule has 1 rings (SSSR count). The summed E-state index contributed by atoms with van der Waals surface area (Å²) < 4.78 is 0. The first-order chi connectivity index (χ1) is 7.22. The number of carbonyl (C=O) groups is 1. The molecule has 15 heavy (non-hydrogen) atoms. The summed E-state index contributed by atoms with van der Waals surface area (Å²) in [6.07, 6.45) is 3.66. The molecule has 1 amide bonds. The second-order valence-electron chi connectivity index (χ2n) is 3.45. The largest absolute Gasteiger partial charge is 0.384 e. The van der Waals surface area contributed by atoms with E-state index >= 15 is 0 Å². The molecule has 0 aliphatic rings. The first kappa shape index (κ1) is 11.5. The quantitative estimate of drug-likeness (QED) is 0.727. The van der Waals surface area contributed by atoms with E-state index in [-0.39, 0.29) is 5.91 Å². The lowest BCUT2D eigenvalue weighted by Crippen LogP contribution is -2.12. The monoisotopic (exact) mass is 207 g/mol. The van der Waals surface area contributed by atoms with E-state index in [9.17, 15) is 4.79 Å². The number of rotatable bonds is 5. The molecule has 0 bridgehead atoms. The second-order valence-corrected chi connectivity index (χ2v) is 3.45. The number of hydrogen-bond donors (Lipinski definition) is 2. The normalized spacial score (nSPS) is 9.93. The SMILES string of the molecule is CCCCCC(=O)Nc1cccc(N)n1. The average Bonchev–Trinajstić information content (AvgIpc) is 2.18. The van der Waals surface area contributed by atoms with Gasteiger partial charge in [0, 0.05) is 6.42 Å². The molecule has 0 spiro atoms. The smallest absolute Gasteiger partial charge is 0.225 e. The van der Waals surface area contributed by atoms with Gasteiger partial charge in [0.05, 0.1) is 0 Å². The Labute approximate surface area is 89.9 Å². The van der Waals surface area contributed by atoms with Crippen molar-refractivity contribution >= 4 is 17.5 Å². The summed E-state index contributed by atoms with van der Waals surface area (Å²) in [6, 6.07) is 5.19. The summed E-state index contributed by atoms with van der Waals surface area (Å²) in [5.41, 5.74) is 5.49. The topological polar surface area (TPSA) is 68.0 Å². The molecule has 0 aliphatic carbocycles. The zero-order valence-corrected chi connectivity index (χ0v) is 8.99. The maximum atomic E-state index is 11.4. The van der Waals surface area contributed by atoms with Crippen LogP contribution in [0.25, 0.3) is 0 Å². The first-order valence-corrected chi connectivity index (χ1v) is 5.24. The minimum absolute atomic E-state index is 0.00144. The number of aromatic nitrogens is 1. The Kier molecular flexibility index (Phi) is 4.60. The summed E-state index contributed by atoms with van der Waals surface area (Å²) >= 11 is 0. The van der Waals surface area contributed by atoms with E-state index in [1.54, 1.807) is 18.2 Å². The van der Waals surface area contributed by atoms with E-state index in [1.165, 1.54) is 0 Å². The van der Waals surface area contributed by atoms with Crippen molar-refractivity contribution in [1.82, 2.24) is 4.98 Å². The highest BCUT2D eigenvalue weighted by atomic mass is 16.1. The Balaban J connectivity index is 2.37. The lowest BCUT2D eigenvalue weighted by atomic mass is 10.2. The van der Waals surface area contributed by atoms with Crippen LogP contribution >= 0.6 is 0 Å². The standard InChI is InChI=1S/C11H17N3O/c1-2-3-4-8-11(15)14-10-7-5-6-9(12)13-10/h5-7H,2-4,8H2,1H3,(H3,12,13,14,15). The van der Waals surface area contributed by atoms with Gasteiger partial charge in [-0.25, -0.2) is 4.98 Å². The van der Waals surface area contributed by atoms with Crippen LogP contribution in [0.4, 0.5) is 11.6 Å². The fourth-order valence-corrected chi connectivity index (χ4v) is 1.26. The van der Waals surface area contributed by atoms with Crippen LogP contribution in [-0.4, -0.2) is 10.9 Å². The van der Waals surface area contributed by atoms with Gasteiger partial charge in [0.25, 0.3) is 0 Å². The molecule has 4 nitrogen and oxygen atoms in total. The van der Waals surface area contributed by atoms with Gasteiger partial charge in [0.2, 0.25) is 5.91 Å². The van der Waals surface area contributed by atoms with E-state index in [0.717, 1.165) is 19.3 Å². The third-order valence-corrected chi connectivity index (χ3v) is 2.05. The summed E-state index contributed by atoms with van der Waals surface area (Å²) in [7, 11) is 0. The lowest BCUT2D eigenvalue weighted by molar-refractivity contribution is -0.116. The number of amides is 1. The van der Waals surface area contributed by atoms with Crippen LogP contribution in [0.3, 0.4) is 0 Å². The molecule has 4 heteroatoms. The predicted octanol–water partition coefficient (Wildman–Crippen LogP) is 2.18. The number of anilines is 2. The molecule has 3 N–H and O–H groups in total. The maximum Gasteiger partial charge on any atom is 0.225 e. The van der Waals surface area contributed by atoms with Gasteiger partial charge in [0.15, 0.2) is 0 Å². The zero-order valence-electron chi connectivity index (χ0n) is 8.99. The molecule has 0 atom stereocenters. The van der Waals surface area contributed by atoms with Crippen molar-refractivity contribution in [3.63, 3.8) is 0 Å². The predicted molar refractivity (Wildman–Crippen MR) is 61.4 cm³/mol. The molecule has 0 fully saturated rings. The number of nitrogens with two attached hydrogens (primary N) is 1. The summed E-state index contributed by atoms with van der Waals surface area (Å²) in [5, 5.41) is 2.71. The van der Waals surface area contributed by atoms with E-state index in [0.29, 0.717) is 18.1 Å². The molecule has 1 aromatic heterocycles. The molecule has 0 saturated carbocycles. The molecule has 0 saturated heterocycles. The number of carbonyl (C=O) groups excluding carboxylic acids is 1. The van der Waals surface area contributed by atoms with Gasteiger partial charge in [-0.3, -0.25) is 4.79 Å². The third-order valence-electron chi connectivity index (χ3n) is 2.05. The van der Waals surface area contributed by atoms with Gasteiger partial charge < -0.3 is 11.1 Å². The lowest BCUT2D eigenvalue weighted by Gasteiger charge is -2.04. The van der Waals surface area contributed by atoms with Gasteiger partial charge in [-0.1, -0.05) is 25.8 Å². The van der Waals surface area contributed by atoms with Crippen LogP contribution in [0.15, 0.2) is 18.2 Å². The highest BCUT2D eigenvalue weighted by molar-refractivity contribution is 5.89. The molecular weight excluding hydrogens is 190 g/mol. The number of nitrogen functional groups attached to an aromatic ring is 1. The molecule has 0 unspecified atom stereocenters. The van der Waals surface area contributed by atoms with Crippen LogP contribution in [0.2, 0.25) is 0 Å². The summed E-state index contributed by atoms with van der Waals surface area (Å²) in [4.78, 5) is 15.4. The molecule has 0 aromatic carbocycles. The number of pyridine rings is 1. The van der Waals surface area contributed by atoms with Gasteiger partial charge in [0.1, 0.15) is 11.6 Å². The molecule has 82 valence electrons. The van der Waals surface area contributed by atoms with Crippen LogP contribution in [0.1, 0.15) is 32.6 Å². The number of hydrogen-bond acceptors (Lipinski definition) is 3. The van der Waals surface area contributed by atoms with Crippen molar-refractivity contribution in [2.24, 2.45) is 0 Å². The van der Waals surface area contributed by atoms with Gasteiger partial charge in [-0.15, -0.1) is 0 Å². The van der Waals surface area contributed by atoms with Crippen LogP contribution in [0.5, 0.6) is 0 Å². The van der Waals surface area contributed by atoms with Crippen molar-refractivity contribution in [3.05, 3.63) is 18.2 Å². The summed E-state index contributed by atoms with van der Waals surface area (Å²) in [5.74, 6) is 0.944. The maximum absolute atomic E-state index is 11.4. The molecule has 1 heterocycles. The van der Waals surface area contributed by atoms with Crippen molar-refractivity contribution in [1.29, 1.82) is 0 Å². The third kappa shape index (κ3) is 4.44. The fourth-order valence-electron chi connectivity index (χ4n) is 1.26. The first-order valence-electron chi connectivity index (χ1n) is 5.24. The average molecular weight is 207 g/mol. The summed E-state index contributed by atoms with van der Waals surface area (Å²) in [6.45, 7) is 2.11. The number of nitrogens with one attached hydrogen (secondary N) is 1. The van der Waals surface area contributed by atoms with Crippen molar-refractivity contribution < 1.29 is 4.79 Å². The van der Waals surface area contributed by atoms with Crippen molar-refractivity contribution in [2.75, 3.05) is 11.1 Å². The highest BCUT2D eigenvalue weighted by Gasteiger charge is 2.02. The van der Waals surface area contributed by atoms with E-state index in [2.05, 4.69) is 17.2 Å². The van der Waals surface area contributed by atoms with Crippen LogP contribution in [-0.2, 0) is 4.79 Å².